The summed E-state index contributed by atoms with van der Waals surface area (Å²) in [6.07, 6.45) is 8.36. The minimum Gasteiger partial charge on any atom is -0.380 e. The normalized spacial score (nSPS) is 22.5. The Morgan fingerprint density at radius 2 is 1.91 bits per heavy atom. The van der Waals surface area contributed by atoms with E-state index in [0.29, 0.717) is 18.1 Å². The Labute approximate surface area is 186 Å². The van der Waals surface area contributed by atoms with Gasteiger partial charge in [0.05, 0.1) is 23.1 Å². The maximum Gasteiger partial charge on any atom is 0.138 e. The van der Waals surface area contributed by atoms with Crippen LogP contribution in [-0.4, -0.2) is 36.4 Å². The molecule has 1 fully saturated rings. The molecule has 0 spiro atoms. The molecule has 1 aliphatic heterocycles. The number of fused-ring (bicyclic) bond motifs is 4. The van der Waals surface area contributed by atoms with E-state index in [0.717, 1.165) is 51.9 Å². The Hall–Kier alpha value is -3.48. The van der Waals surface area contributed by atoms with Gasteiger partial charge in [-0.25, -0.2) is 0 Å². The van der Waals surface area contributed by atoms with Crippen molar-refractivity contribution in [2.24, 2.45) is 20.0 Å². The highest BCUT2D eigenvalue weighted by Gasteiger charge is 2.40. The van der Waals surface area contributed by atoms with Gasteiger partial charge in [-0.2, -0.15) is 10.2 Å². The van der Waals surface area contributed by atoms with E-state index in [1.807, 2.05) is 37.4 Å². The molecular weight excluding hydrogens is 400 g/mol. The van der Waals surface area contributed by atoms with Crippen molar-refractivity contribution in [3.8, 4) is 22.5 Å². The van der Waals surface area contributed by atoms with Crippen LogP contribution in [0.3, 0.4) is 0 Å². The SMILES string of the molecule is C[C@@H]1CC(=O)C2CCC2c2ccnc(-c3ccc4c(c3)c(-c3cnn(C)c3)nn4C)c2N1. The van der Waals surface area contributed by atoms with Gasteiger partial charge in [0.2, 0.25) is 0 Å². The summed E-state index contributed by atoms with van der Waals surface area (Å²) >= 11 is 0. The smallest absolute Gasteiger partial charge is 0.138 e. The number of Topliss-reactive ketones (excluding diaryl/α,β-unsaturated/α-hetero) is 1. The molecule has 32 heavy (non-hydrogen) atoms. The fourth-order valence-corrected chi connectivity index (χ4v) is 5.33. The highest BCUT2D eigenvalue weighted by atomic mass is 16.1. The van der Waals surface area contributed by atoms with E-state index in [-0.39, 0.29) is 12.0 Å². The second kappa shape index (κ2) is 7.02. The first-order valence-electron chi connectivity index (χ1n) is 11.2. The van der Waals surface area contributed by atoms with Crippen molar-refractivity contribution >= 4 is 22.4 Å². The second-order valence-corrected chi connectivity index (χ2v) is 9.24. The minimum atomic E-state index is 0.0822. The number of nitrogens with zero attached hydrogens (tertiary/aromatic N) is 5. The molecule has 3 atom stereocenters. The van der Waals surface area contributed by atoms with Crippen LogP contribution in [0.1, 0.15) is 37.7 Å². The summed E-state index contributed by atoms with van der Waals surface area (Å²) < 4.78 is 3.71. The molecule has 1 aliphatic carbocycles. The van der Waals surface area contributed by atoms with E-state index in [1.165, 1.54) is 5.56 Å². The first-order valence-corrected chi connectivity index (χ1v) is 11.2. The highest BCUT2D eigenvalue weighted by molar-refractivity contribution is 5.97. The van der Waals surface area contributed by atoms with Gasteiger partial charge in [-0.05, 0) is 49.4 Å². The number of hydrogen-bond acceptors (Lipinski definition) is 5. The van der Waals surface area contributed by atoms with Crippen LogP contribution in [-0.2, 0) is 18.9 Å². The zero-order valence-corrected chi connectivity index (χ0v) is 18.5. The van der Waals surface area contributed by atoms with Crippen LogP contribution in [0.4, 0.5) is 5.69 Å². The number of benzene rings is 1. The number of carbonyl (C=O) groups excluding carboxylic acids is 1. The number of aryl methyl sites for hydroxylation is 2. The Morgan fingerprint density at radius 1 is 1.06 bits per heavy atom. The number of ketones is 1. The summed E-state index contributed by atoms with van der Waals surface area (Å²) in [5.41, 5.74) is 7.28. The molecule has 2 aliphatic rings. The van der Waals surface area contributed by atoms with Crippen molar-refractivity contribution in [3.63, 3.8) is 0 Å². The third-order valence-corrected chi connectivity index (χ3v) is 7.07. The fraction of sp³-hybridized carbons (Fsp3) is 0.360. The highest BCUT2D eigenvalue weighted by Crippen LogP contribution is 2.49. The van der Waals surface area contributed by atoms with Crippen LogP contribution in [0.5, 0.6) is 0 Å². The van der Waals surface area contributed by atoms with Crippen LogP contribution < -0.4 is 5.32 Å². The zero-order valence-electron chi connectivity index (χ0n) is 18.5. The average Bonchev–Trinajstić information content (AvgIpc) is 3.30. The molecule has 1 N–H and O–H groups in total. The fourth-order valence-electron chi connectivity index (χ4n) is 5.33. The Balaban J connectivity index is 1.52. The van der Waals surface area contributed by atoms with Gasteiger partial charge >= 0.3 is 0 Å². The summed E-state index contributed by atoms with van der Waals surface area (Å²) in [7, 11) is 3.88. The maximum absolute atomic E-state index is 12.7. The topological polar surface area (TPSA) is 77.6 Å². The lowest BCUT2D eigenvalue weighted by atomic mass is 9.66. The largest absolute Gasteiger partial charge is 0.380 e. The van der Waals surface area contributed by atoms with Crippen LogP contribution in [0.25, 0.3) is 33.4 Å². The van der Waals surface area contributed by atoms with E-state index in [2.05, 4.69) is 41.6 Å². The van der Waals surface area contributed by atoms with Gasteiger partial charge in [-0.3, -0.25) is 19.1 Å². The van der Waals surface area contributed by atoms with Gasteiger partial charge in [0.15, 0.2) is 0 Å². The molecule has 0 bridgehead atoms. The molecule has 6 rings (SSSR count). The van der Waals surface area contributed by atoms with E-state index < -0.39 is 0 Å². The first kappa shape index (κ1) is 19.2. The zero-order chi connectivity index (χ0) is 22.0. The molecule has 1 aromatic carbocycles. The molecule has 4 aromatic rings. The van der Waals surface area contributed by atoms with E-state index in [4.69, 9.17) is 10.1 Å². The predicted molar refractivity (Wildman–Crippen MR) is 124 cm³/mol. The second-order valence-electron chi connectivity index (χ2n) is 9.24. The van der Waals surface area contributed by atoms with Crippen molar-refractivity contribution in [1.82, 2.24) is 24.5 Å². The molecule has 162 valence electrons. The Morgan fingerprint density at radius 3 is 2.66 bits per heavy atom. The van der Waals surface area contributed by atoms with Crippen molar-refractivity contribution in [2.75, 3.05) is 5.32 Å². The first-order chi connectivity index (χ1) is 15.5. The molecule has 7 heteroatoms. The Kier molecular flexibility index (Phi) is 4.22. The predicted octanol–water partition coefficient (Wildman–Crippen LogP) is 4.30. The lowest BCUT2D eigenvalue weighted by Crippen LogP contribution is -2.37. The van der Waals surface area contributed by atoms with Gasteiger partial charge < -0.3 is 5.32 Å². The van der Waals surface area contributed by atoms with E-state index in [1.54, 1.807) is 4.68 Å². The number of hydrogen-bond donors (Lipinski definition) is 1. The van der Waals surface area contributed by atoms with Crippen molar-refractivity contribution in [3.05, 3.63) is 48.4 Å². The van der Waals surface area contributed by atoms with Crippen LogP contribution in [0.2, 0.25) is 0 Å². The number of anilines is 1. The molecule has 7 nitrogen and oxygen atoms in total. The molecule has 4 heterocycles. The molecular formula is C25H26N6O. The number of pyridine rings is 1. The average molecular weight is 427 g/mol. The number of nitrogens with one attached hydrogen (secondary N) is 1. The molecule has 0 saturated heterocycles. The lowest BCUT2D eigenvalue weighted by molar-refractivity contribution is -0.126. The third kappa shape index (κ3) is 2.87. The van der Waals surface area contributed by atoms with Crippen LogP contribution in [0.15, 0.2) is 42.9 Å². The summed E-state index contributed by atoms with van der Waals surface area (Å²) in [5.74, 6) is 0.849. The quantitative estimate of drug-likeness (QED) is 0.517. The Bertz CT molecular complexity index is 1370. The van der Waals surface area contributed by atoms with Crippen LogP contribution in [0, 0.1) is 5.92 Å². The third-order valence-electron chi connectivity index (χ3n) is 7.07. The van der Waals surface area contributed by atoms with Gasteiger partial charge in [0.25, 0.3) is 0 Å². The van der Waals surface area contributed by atoms with Gasteiger partial charge in [0.1, 0.15) is 11.5 Å². The number of rotatable bonds is 2. The summed E-state index contributed by atoms with van der Waals surface area (Å²) in [6, 6.07) is 8.59. The van der Waals surface area contributed by atoms with E-state index in [9.17, 15) is 4.79 Å². The lowest BCUT2D eigenvalue weighted by Gasteiger charge is -2.40. The summed E-state index contributed by atoms with van der Waals surface area (Å²) in [6.45, 7) is 2.09. The molecule has 1 saturated carbocycles. The maximum atomic E-state index is 12.7. The van der Waals surface area contributed by atoms with Crippen molar-refractivity contribution < 1.29 is 4.79 Å². The standard InChI is InChI=1S/C25H26N6O/c1-14-10-22(32)18-6-5-17(18)19-8-9-26-24(25(19)28-14)15-4-7-21-20(11-15)23(29-31(21)3)16-12-27-30(2)13-16/h4,7-9,11-14,17-18,28H,5-6,10H2,1-3H3/t14-,17?,18?/m1/s1. The molecule has 3 aromatic heterocycles. The van der Waals surface area contributed by atoms with Gasteiger partial charge in [-0.1, -0.05) is 6.07 Å². The molecule has 0 amide bonds. The monoisotopic (exact) mass is 426 g/mol. The van der Waals surface area contributed by atoms with Gasteiger partial charge in [0, 0.05) is 61.4 Å². The minimum absolute atomic E-state index is 0.0822. The molecule has 2 unspecified atom stereocenters. The number of carbonyl (C=O) groups is 1. The van der Waals surface area contributed by atoms with Crippen LogP contribution >= 0.6 is 0 Å². The van der Waals surface area contributed by atoms with Crippen molar-refractivity contribution in [1.29, 1.82) is 0 Å². The number of aromatic nitrogens is 5. The van der Waals surface area contributed by atoms with Gasteiger partial charge in [-0.15, -0.1) is 0 Å². The summed E-state index contributed by atoms with van der Waals surface area (Å²) in [5, 5.41) is 13.8. The molecule has 0 radical (unpaired) electrons. The van der Waals surface area contributed by atoms with E-state index >= 15 is 0 Å². The summed E-state index contributed by atoms with van der Waals surface area (Å²) in [4.78, 5) is 17.5. The van der Waals surface area contributed by atoms with Crippen molar-refractivity contribution in [2.45, 2.75) is 38.1 Å².